The summed E-state index contributed by atoms with van der Waals surface area (Å²) in [7, 11) is 0. The van der Waals surface area contributed by atoms with Crippen LogP contribution in [0, 0.1) is 5.92 Å². The molecule has 4 rings (SSSR count). The molecule has 3 aromatic rings. The lowest BCUT2D eigenvalue weighted by molar-refractivity contribution is 0.358. The maximum atomic E-state index is 6.18. The summed E-state index contributed by atoms with van der Waals surface area (Å²) in [5.41, 5.74) is 2.09. The summed E-state index contributed by atoms with van der Waals surface area (Å²) in [4.78, 5) is 0. The molecule has 1 aliphatic rings. The summed E-state index contributed by atoms with van der Waals surface area (Å²) < 4.78 is 8.71. The number of hydrogen-bond acceptors (Lipinski definition) is 1. The number of para-hydroxylation sites is 1. The number of piperidine rings is 1. The minimum Gasteiger partial charge on any atom is -0.456 e. The van der Waals surface area contributed by atoms with Crippen LogP contribution in [0.2, 0.25) is 0 Å². The zero-order valence-electron chi connectivity index (χ0n) is 13.5. The molecule has 0 bridgehead atoms. The van der Waals surface area contributed by atoms with Gasteiger partial charge < -0.3 is 4.42 Å². The van der Waals surface area contributed by atoms with Crippen LogP contribution in [0.3, 0.4) is 0 Å². The molecule has 0 aliphatic carbocycles. The van der Waals surface area contributed by atoms with Gasteiger partial charge in [0.15, 0.2) is 0 Å². The highest BCUT2D eigenvalue weighted by Gasteiger charge is 2.20. The van der Waals surface area contributed by atoms with Gasteiger partial charge >= 0.3 is 0 Å². The average molecular weight is 304 g/mol. The molecule has 0 spiro atoms. The molecule has 1 fully saturated rings. The molecule has 0 N–H and O–H groups in total. The minimum absolute atomic E-state index is 0.750. The van der Waals surface area contributed by atoms with Gasteiger partial charge in [0.05, 0.1) is 11.5 Å². The molecular formula is C21H22NO+. The van der Waals surface area contributed by atoms with Crippen molar-refractivity contribution in [3.8, 4) is 11.3 Å². The van der Waals surface area contributed by atoms with Gasteiger partial charge in [0.2, 0.25) is 5.36 Å². The standard InChI is InChI=1S/C21H22NO/c1-16-8-7-13-22(15-16)19-14-21(17-9-3-2-4-10-17)23-20-12-6-5-11-18(19)20/h2-6,9-12,14,16H,7-8,13,15H2,1H3/q+1/t16-/m0/s1. The van der Waals surface area contributed by atoms with Crippen LogP contribution in [0.5, 0.6) is 0 Å². The Morgan fingerprint density at radius 1 is 1.00 bits per heavy atom. The van der Waals surface area contributed by atoms with E-state index in [2.05, 4.69) is 60.0 Å². The molecule has 2 heteroatoms. The number of nitrogens with zero attached hydrogens (tertiary/aromatic N) is 1. The highest BCUT2D eigenvalue weighted by Crippen LogP contribution is 2.22. The summed E-state index contributed by atoms with van der Waals surface area (Å²) in [6, 6.07) is 21.0. The van der Waals surface area contributed by atoms with E-state index in [1.165, 1.54) is 23.6 Å². The van der Waals surface area contributed by atoms with Gasteiger partial charge in [-0.2, -0.15) is 0 Å². The highest BCUT2D eigenvalue weighted by atomic mass is 16.3. The van der Waals surface area contributed by atoms with Gasteiger partial charge in [-0.1, -0.05) is 49.4 Å². The third-order valence-electron chi connectivity index (χ3n) is 4.71. The SMILES string of the molecule is C[C@H]1CCC[N+](=c2cc(-c3ccccc3)oc3ccccc23)C1. The first-order valence-electron chi connectivity index (χ1n) is 8.47. The van der Waals surface area contributed by atoms with Gasteiger partial charge in [0, 0.05) is 17.9 Å². The minimum atomic E-state index is 0.750. The predicted molar refractivity (Wildman–Crippen MR) is 95.1 cm³/mol. The molecule has 2 nitrogen and oxygen atoms in total. The highest BCUT2D eigenvalue weighted by molar-refractivity contribution is 5.78. The Bertz CT molecular complexity index is 892. The number of benzene rings is 2. The first-order valence-corrected chi connectivity index (χ1v) is 8.47. The summed E-state index contributed by atoms with van der Waals surface area (Å²) in [6.45, 7) is 4.61. The molecule has 2 aromatic carbocycles. The maximum absolute atomic E-state index is 6.18. The lowest BCUT2D eigenvalue weighted by Gasteiger charge is -2.16. The van der Waals surface area contributed by atoms with Crippen LogP contribution in [-0.2, 0) is 0 Å². The molecule has 23 heavy (non-hydrogen) atoms. The number of fused-ring (bicyclic) bond motifs is 1. The van der Waals surface area contributed by atoms with Crippen molar-refractivity contribution in [2.45, 2.75) is 19.8 Å². The average Bonchev–Trinajstić information content (AvgIpc) is 2.61. The third-order valence-corrected chi connectivity index (χ3v) is 4.71. The first-order chi connectivity index (χ1) is 11.3. The summed E-state index contributed by atoms with van der Waals surface area (Å²) in [5, 5.41) is 2.51. The molecule has 0 radical (unpaired) electrons. The molecule has 1 aromatic heterocycles. The zero-order chi connectivity index (χ0) is 15.6. The molecule has 1 aliphatic heterocycles. The van der Waals surface area contributed by atoms with Gasteiger partial charge in [-0.25, -0.2) is 4.58 Å². The van der Waals surface area contributed by atoms with E-state index in [0.717, 1.165) is 35.9 Å². The predicted octanol–water partition coefficient (Wildman–Crippen LogP) is 4.30. The fourth-order valence-electron chi connectivity index (χ4n) is 3.53. The lowest BCUT2D eigenvalue weighted by atomic mass is 10.0. The van der Waals surface area contributed by atoms with Crippen LogP contribution in [0.1, 0.15) is 19.8 Å². The van der Waals surface area contributed by atoms with Crippen molar-refractivity contribution in [3.05, 3.63) is 66.0 Å². The monoisotopic (exact) mass is 304 g/mol. The fraction of sp³-hybridized carbons (Fsp3) is 0.286. The van der Waals surface area contributed by atoms with Crippen LogP contribution in [0.15, 0.2) is 65.1 Å². The Labute approximate surface area is 136 Å². The Morgan fingerprint density at radius 3 is 2.61 bits per heavy atom. The fourth-order valence-corrected chi connectivity index (χ4v) is 3.53. The molecule has 116 valence electrons. The summed E-state index contributed by atoms with van der Waals surface area (Å²) >= 11 is 0. The van der Waals surface area contributed by atoms with Crippen molar-refractivity contribution in [1.82, 2.24) is 4.58 Å². The van der Waals surface area contributed by atoms with E-state index in [1.54, 1.807) is 0 Å². The van der Waals surface area contributed by atoms with Gasteiger partial charge in [-0.3, -0.25) is 0 Å². The molecule has 1 saturated heterocycles. The Kier molecular flexibility index (Phi) is 3.74. The van der Waals surface area contributed by atoms with Crippen molar-refractivity contribution in [2.75, 3.05) is 13.1 Å². The smallest absolute Gasteiger partial charge is 0.214 e. The van der Waals surface area contributed by atoms with Crippen molar-refractivity contribution < 1.29 is 4.42 Å². The Balaban J connectivity index is 2.00. The van der Waals surface area contributed by atoms with Crippen LogP contribution in [-0.4, -0.2) is 13.1 Å². The van der Waals surface area contributed by atoms with E-state index >= 15 is 0 Å². The molecule has 1 atom stereocenters. The van der Waals surface area contributed by atoms with Crippen molar-refractivity contribution >= 4 is 11.0 Å². The third kappa shape index (κ3) is 2.81. The van der Waals surface area contributed by atoms with Crippen LogP contribution in [0.4, 0.5) is 0 Å². The van der Waals surface area contributed by atoms with E-state index in [-0.39, 0.29) is 0 Å². The quantitative estimate of drug-likeness (QED) is 0.612. The van der Waals surface area contributed by atoms with E-state index in [4.69, 9.17) is 4.42 Å². The summed E-state index contributed by atoms with van der Waals surface area (Å²) in [5.74, 6) is 1.69. The first kappa shape index (κ1) is 14.3. The molecule has 2 heterocycles. The second-order valence-corrected chi connectivity index (χ2v) is 6.55. The number of hydrogen-bond donors (Lipinski definition) is 0. The number of rotatable bonds is 1. The normalized spacial score (nSPS) is 20.7. The van der Waals surface area contributed by atoms with E-state index in [1.807, 2.05) is 12.1 Å². The van der Waals surface area contributed by atoms with Crippen LogP contribution in [0.25, 0.3) is 22.3 Å². The van der Waals surface area contributed by atoms with Gasteiger partial charge in [-0.15, -0.1) is 0 Å². The largest absolute Gasteiger partial charge is 0.456 e. The zero-order valence-corrected chi connectivity index (χ0v) is 13.5. The second-order valence-electron chi connectivity index (χ2n) is 6.55. The lowest BCUT2D eigenvalue weighted by Crippen LogP contribution is -2.38. The topological polar surface area (TPSA) is 16.1 Å². The maximum Gasteiger partial charge on any atom is 0.214 e. The van der Waals surface area contributed by atoms with E-state index in [9.17, 15) is 0 Å². The van der Waals surface area contributed by atoms with Gasteiger partial charge in [0.25, 0.3) is 0 Å². The van der Waals surface area contributed by atoms with Crippen LogP contribution >= 0.6 is 0 Å². The molecule has 0 unspecified atom stereocenters. The van der Waals surface area contributed by atoms with Gasteiger partial charge in [-0.05, 0) is 18.6 Å². The van der Waals surface area contributed by atoms with Gasteiger partial charge in [0.1, 0.15) is 24.4 Å². The van der Waals surface area contributed by atoms with Crippen molar-refractivity contribution in [1.29, 1.82) is 0 Å². The summed E-state index contributed by atoms with van der Waals surface area (Å²) in [6.07, 6.45) is 2.60. The molecular weight excluding hydrogens is 282 g/mol. The van der Waals surface area contributed by atoms with E-state index in [0.29, 0.717) is 0 Å². The Morgan fingerprint density at radius 2 is 1.78 bits per heavy atom. The van der Waals surface area contributed by atoms with Crippen LogP contribution < -0.4 is 9.93 Å². The Hall–Kier alpha value is -2.35. The molecule has 0 amide bonds. The molecule has 0 saturated carbocycles. The second kappa shape index (κ2) is 6.04. The van der Waals surface area contributed by atoms with Crippen molar-refractivity contribution in [2.24, 2.45) is 5.92 Å². The van der Waals surface area contributed by atoms with E-state index < -0.39 is 0 Å². The van der Waals surface area contributed by atoms with Crippen molar-refractivity contribution in [3.63, 3.8) is 0 Å².